The minimum absolute atomic E-state index is 0.0870. The predicted octanol–water partition coefficient (Wildman–Crippen LogP) is 1.53. The van der Waals surface area contributed by atoms with Crippen LogP contribution in [-0.2, 0) is 0 Å². The van der Waals surface area contributed by atoms with Gasteiger partial charge in [0.2, 0.25) is 0 Å². The van der Waals surface area contributed by atoms with Crippen molar-refractivity contribution in [3.05, 3.63) is 15.8 Å². The van der Waals surface area contributed by atoms with Crippen LogP contribution >= 0.6 is 11.3 Å². The number of nitrogens with two attached hydrogens (primary N) is 1. The van der Waals surface area contributed by atoms with Crippen molar-refractivity contribution in [2.24, 2.45) is 11.7 Å². The first-order valence-corrected chi connectivity index (χ1v) is 6.61. The van der Waals surface area contributed by atoms with Crippen LogP contribution in [0.2, 0.25) is 0 Å². The summed E-state index contributed by atoms with van der Waals surface area (Å²) in [5.74, 6) is 1.16. The molecule has 2 rings (SSSR count). The fourth-order valence-corrected chi connectivity index (χ4v) is 2.68. The van der Waals surface area contributed by atoms with Crippen LogP contribution in [0.15, 0.2) is 6.07 Å². The maximum absolute atomic E-state index is 11.9. The zero-order chi connectivity index (χ0) is 12.4. The first kappa shape index (κ1) is 12.4. The molecule has 1 unspecified atom stereocenters. The maximum Gasteiger partial charge on any atom is 0.265 e. The molecule has 94 valence electrons. The second-order valence-electron chi connectivity index (χ2n) is 4.47. The summed E-state index contributed by atoms with van der Waals surface area (Å²) in [4.78, 5) is 13.6. The Labute approximate surface area is 105 Å². The minimum Gasteiger partial charge on any atom is -0.495 e. The number of carbonyl (C=O) groups excluding carboxylic acids is 1. The highest BCUT2D eigenvalue weighted by Gasteiger charge is 2.28. The Kier molecular flexibility index (Phi) is 3.69. The number of ether oxygens (including phenoxy) is 1. The van der Waals surface area contributed by atoms with Crippen LogP contribution in [0.4, 0.5) is 0 Å². The van der Waals surface area contributed by atoms with E-state index in [1.807, 2.05) is 13.0 Å². The van der Waals surface area contributed by atoms with Crippen LogP contribution in [0.1, 0.15) is 27.4 Å². The van der Waals surface area contributed by atoms with Gasteiger partial charge in [0.1, 0.15) is 10.6 Å². The summed E-state index contributed by atoms with van der Waals surface area (Å²) in [5.41, 5.74) is 5.94. The lowest BCUT2D eigenvalue weighted by atomic mass is 10.2. The molecule has 0 aliphatic heterocycles. The van der Waals surface area contributed by atoms with Crippen molar-refractivity contribution in [3.63, 3.8) is 0 Å². The normalized spacial score (nSPS) is 16.6. The molecule has 1 amide bonds. The van der Waals surface area contributed by atoms with E-state index >= 15 is 0 Å². The average molecular weight is 254 g/mol. The van der Waals surface area contributed by atoms with Crippen molar-refractivity contribution in [2.75, 3.05) is 13.7 Å². The van der Waals surface area contributed by atoms with Crippen molar-refractivity contribution in [3.8, 4) is 5.75 Å². The highest BCUT2D eigenvalue weighted by Crippen LogP contribution is 2.31. The number of hydrogen-bond donors (Lipinski definition) is 2. The van der Waals surface area contributed by atoms with Gasteiger partial charge in [0, 0.05) is 17.5 Å². The Morgan fingerprint density at radius 1 is 1.71 bits per heavy atom. The van der Waals surface area contributed by atoms with Gasteiger partial charge in [0.25, 0.3) is 5.91 Å². The van der Waals surface area contributed by atoms with Crippen LogP contribution in [0, 0.1) is 12.8 Å². The van der Waals surface area contributed by atoms with Crippen molar-refractivity contribution in [2.45, 2.75) is 25.8 Å². The molecule has 1 saturated carbocycles. The topological polar surface area (TPSA) is 64.3 Å². The number of hydrogen-bond acceptors (Lipinski definition) is 4. The molecule has 1 fully saturated rings. The number of methoxy groups -OCH3 is 1. The molecule has 0 spiro atoms. The van der Waals surface area contributed by atoms with E-state index in [0.717, 1.165) is 4.88 Å². The number of amides is 1. The smallest absolute Gasteiger partial charge is 0.265 e. The van der Waals surface area contributed by atoms with E-state index in [1.54, 1.807) is 7.11 Å². The molecule has 1 aliphatic carbocycles. The standard InChI is InChI=1S/C12H18N2O2S/c1-7-5-10(16-2)11(17-7)12(15)14-6-9(13)8-3-4-8/h5,8-9H,3-4,6,13H2,1-2H3,(H,14,15). The van der Waals surface area contributed by atoms with E-state index in [4.69, 9.17) is 10.5 Å². The van der Waals surface area contributed by atoms with Gasteiger partial charge < -0.3 is 15.8 Å². The van der Waals surface area contributed by atoms with Crippen LogP contribution in [-0.4, -0.2) is 25.6 Å². The molecular weight excluding hydrogens is 236 g/mol. The monoisotopic (exact) mass is 254 g/mol. The van der Waals surface area contributed by atoms with Gasteiger partial charge in [-0.3, -0.25) is 4.79 Å². The van der Waals surface area contributed by atoms with Crippen LogP contribution in [0.25, 0.3) is 0 Å². The van der Waals surface area contributed by atoms with Gasteiger partial charge in [-0.25, -0.2) is 0 Å². The van der Waals surface area contributed by atoms with Gasteiger partial charge in [0.15, 0.2) is 0 Å². The maximum atomic E-state index is 11.9. The highest BCUT2D eigenvalue weighted by molar-refractivity contribution is 7.14. The van der Waals surface area contributed by atoms with E-state index in [1.165, 1.54) is 24.2 Å². The molecule has 1 aromatic heterocycles. The average Bonchev–Trinajstić information content (AvgIpc) is 3.09. The van der Waals surface area contributed by atoms with E-state index in [9.17, 15) is 4.79 Å². The van der Waals surface area contributed by atoms with Gasteiger partial charge >= 0.3 is 0 Å². The molecule has 0 radical (unpaired) electrons. The fourth-order valence-electron chi connectivity index (χ4n) is 1.78. The molecule has 5 heteroatoms. The summed E-state index contributed by atoms with van der Waals surface area (Å²) < 4.78 is 5.17. The van der Waals surface area contributed by atoms with E-state index in [-0.39, 0.29) is 11.9 Å². The Balaban J connectivity index is 1.93. The molecule has 1 aliphatic rings. The molecule has 1 atom stereocenters. The van der Waals surface area contributed by atoms with Gasteiger partial charge in [-0.05, 0) is 31.7 Å². The molecule has 17 heavy (non-hydrogen) atoms. The lowest BCUT2D eigenvalue weighted by molar-refractivity contribution is 0.0951. The molecular formula is C12H18N2O2S. The summed E-state index contributed by atoms with van der Waals surface area (Å²) in [6.45, 7) is 2.50. The Hall–Kier alpha value is -1.07. The third-order valence-corrected chi connectivity index (χ3v) is 4.00. The van der Waals surface area contributed by atoms with Gasteiger partial charge in [-0.15, -0.1) is 11.3 Å². The fraction of sp³-hybridized carbons (Fsp3) is 0.583. The quantitative estimate of drug-likeness (QED) is 0.837. The largest absolute Gasteiger partial charge is 0.495 e. The number of thiophene rings is 1. The Bertz CT molecular complexity index is 413. The lowest BCUT2D eigenvalue weighted by Gasteiger charge is -2.11. The zero-order valence-electron chi connectivity index (χ0n) is 10.2. The van der Waals surface area contributed by atoms with Gasteiger partial charge in [-0.2, -0.15) is 0 Å². The first-order valence-electron chi connectivity index (χ1n) is 5.80. The summed E-state index contributed by atoms with van der Waals surface area (Å²) in [6.07, 6.45) is 2.39. The van der Waals surface area contributed by atoms with E-state index < -0.39 is 0 Å². The molecule has 3 N–H and O–H groups in total. The number of carbonyl (C=O) groups is 1. The minimum atomic E-state index is -0.0870. The predicted molar refractivity (Wildman–Crippen MR) is 68.6 cm³/mol. The lowest BCUT2D eigenvalue weighted by Crippen LogP contribution is -2.38. The number of rotatable bonds is 5. The number of aryl methyl sites for hydroxylation is 1. The van der Waals surface area contributed by atoms with Gasteiger partial charge in [-0.1, -0.05) is 0 Å². The van der Waals surface area contributed by atoms with Crippen LogP contribution in [0.5, 0.6) is 5.75 Å². The van der Waals surface area contributed by atoms with E-state index in [2.05, 4.69) is 5.32 Å². The van der Waals surface area contributed by atoms with Gasteiger partial charge in [0.05, 0.1) is 7.11 Å². The highest BCUT2D eigenvalue weighted by atomic mass is 32.1. The third kappa shape index (κ3) is 2.98. The van der Waals surface area contributed by atoms with E-state index in [0.29, 0.717) is 23.1 Å². The zero-order valence-corrected chi connectivity index (χ0v) is 11.0. The Morgan fingerprint density at radius 2 is 2.41 bits per heavy atom. The van der Waals surface area contributed by atoms with Crippen LogP contribution < -0.4 is 15.8 Å². The second-order valence-corrected chi connectivity index (χ2v) is 5.72. The molecule has 0 bridgehead atoms. The summed E-state index contributed by atoms with van der Waals surface area (Å²) in [7, 11) is 1.58. The first-order chi connectivity index (χ1) is 8.11. The SMILES string of the molecule is COc1cc(C)sc1C(=O)NCC(N)C1CC1. The van der Waals surface area contributed by atoms with Crippen molar-refractivity contribution < 1.29 is 9.53 Å². The van der Waals surface area contributed by atoms with Crippen molar-refractivity contribution in [1.29, 1.82) is 0 Å². The second kappa shape index (κ2) is 5.06. The molecule has 1 heterocycles. The molecule has 0 saturated heterocycles. The van der Waals surface area contributed by atoms with Crippen molar-refractivity contribution >= 4 is 17.2 Å². The molecule has 0 aromatic carbocycles. The third-order valence-electron chi connectivity index (χ3n) is 2.97. The molecule has 1 aromatic rings. The summed E-state index contributed by atoms with van der Waals surface area (Å²) in [6, 6.07) is 1.96. The van der Waals surface area contributed by atoms with Crippen molar-refractivity contribution in [1.82, 2.24) is 5.32 Å². The summed E-state index contributed by atoms with van der Waals surface area (Å²) >= 11 is 1.44. The Morgan fingerprint density at radius 3 is 3.00 bits per heavy atom. The molecule has 4 nitrogen and oxygen atoms in total. The van der Waals surface area contributed by atoms with Crippen LogP contribution in [0.3, 0.4) is 0 Å². The number of nitrogens with one attached hydrogen (secondary N) is 1. The summed E-state index contributed by atoms with van der Waals surface area (Å²) in [5, 5.41) is 2.87.